The van der Waals surface area contributed by atoms with E-state index in [4.69, 9.17) is 4.74 Å². The highest BCUT2D eigenvalue weighted by Gasteiger charge is 2.04. The first-order chi connectivity index (χ1) is 9.27. The highest BCUT2D eigenvalue weighted by Crippen LogP contribution is 2.20. The zero-order chi connectivity index (χ0) is 13.9. The smallest absolute Gasteiger partial charge is 0.119 e. The summed E-state index contributed by atoms with van der Waals surface area (Å²) in [4.78, 5) is 0. The Morgan fingerprint density at radius 2 is 1.58 bits per heavy atom. The Morgan fingerprint density at radius 1 is 0.947 bits per heavy atom. The first-order valence-electron chi connectivity index (χ1n) is 7.68. The third-order valence-corrected chi connectivity index (χ3v) is 3.42. The van der Waals surface area contributed by atoms with Gasteiger partial charge in [-0.1, -0.05) is 58.1 Å². The second kappa shape index (κ2) is 9.85. The molecular weight excluding hydrogens is 236 g/mol. The molecule has 19 heavy (non-hydrogen) atoms. The summed E-state index contributed by atoms with van der Waals surface area (Å²) in [6, 6.07) is 7.80. The lowest BCUT2D eigenvalue weighted by Crippen LogP contribution is -1.99. The van der Waals surface area contributed by atoms with E-state index >= 15 is 0 Å². The van der Waals surface area contributed by atoms with E-state index < -0.39 is 0 Å². The van der Waals surface area contributed by atoms with Crippen molar-refractivity contribution >= 4 is 0 Å². The van der Waals surface area contributed by atoms with Gasteiger partial charge in [0.05, 0.1) is 12.7 Å². The summed E-state index contributed by atoms with van der Waals surface area (Å²) in [7, 11) is 0. The topological polar surface area (TPSA) is 29.5 Å². The third kappa shape index (κ3) is 6.63. The number of aliphatic hydroxyl groups is 1. The lowest BCUT2D eigenvalue weighted by Gasteiger charge is -2.10. The monoisotopic (exact) mass is 264 g/mol. The highest BCUT2D eigenvalue weighted by atomic mass is 16.5. The summed E-state index contributed by atoms with van der Waals surface area (Å²) >= 11 is 0. The van der Waals surface area contributed by atoms with Crippen molar-refractivity contribution in [3.63, 3.8) is 0 Å². The minimum absolute atomic E-state index is 0.354. The molecule has 0 amide bonds. The minimum atomic E-state index is -0.354. The molecule has 1 N–H and O–H groups in total. The molecular formula is C17H28O2. The van der Waals surface area contributed by atoms with Crippen LogP contribution in [0.25, 0.3) is 0 Å². The fourth-order valence-corrected chi connectivity index (χ4v) is 2.09. The van der Waals surface area contributed by atoms with Gasteiger partial charge in [0.1, 0.15) is 5.75 Å². The van der Waals surface area contributed by atoms with E-state index in [2.05, 4.69) is 6.92 Å². The van der Waals surface area contributed by atoms with Crippen LogP contribution in [0.4, 0.5) is 0 Å². The molecule has 0 spiro atoms. The Hall–Kier alpha value is -1.02. The van der Waals surface area contributed by atoms with Crippen LogP contribution in [0.2, 0.25) is 0 Å². The maximum Gasteiger partial charge on any atom is 0.119 e. The van der Waals surface area contributed by atoms with Crippen LogP contribution < -0.4 is 4.74 Å². The Kier molecular flexibility index (Phi) is 8.31. The average Bonchev–Trinajstić information content (AvgIpc) is 2.46. The molecule has 1 atom stereocenters. The molecule has 108 valence electrons. The van der Waals surface area contributed by atoms with Crippen LogP contribution in [0.1, 0.15) is 70.5 Å². The fraction of sp³-hybridized carbons (Fsp3) is 0.647. The van der Waals surface area contributed by atoms with Gasteiger partial charge in [-0.25, -0.2) is 0 Å². The van der Waals surface area contributed by atoms with E-state index in [1.54, 1.807) is 0 Å². The van der Waals surface area contributed by atoms with Gasteiger partial charge < -0.3 is 9.84 Å². The van der Waals surface area contributed by atoms with Crippen molar-refractivity contribution in [2.75, 3.05) is 6.61 Å². The van der Waals surface area contributed by atoms with Crippen LogP contribution >= 0.6 is 0 Å². The van der Waals surface area contributed by atoms with Gasteiger partial charge in [-0.3, -0.25) is 0 Å². The second-order valence-corrected chi connectivity index (χ2v) is 5.11. The van der Waals surface area contributed by atoms with Gasteiger partial charge in [0.2, 0.25) is 0 Å². The van der Waals surface area contributed by atoms with Gasteiger partial charge >= 0.3 is 0 Å². The van der Waals surface area contributed by atoms with Gasteiger partial charge in [0.25, 0.3) is 0 Å². The number of unbranched alkanes of at least 4 members (excludes halogenated alkanes) is 5. The zero-order valence-electron chi connectivity index (χ0n) is 12.4. The van der Waals surface area contributed by atoms with Crippen molar-refractivity contribution in [1.29, 1.82) is 0 Å². The molecule has 1 aromatic rings. The SMILES string of the molecule is CCCCCCCCOc1ccc([C@@H](O)CC)cc1. The van der Waals surface area contributed by atoms with E-state index in [-0.39, 0.29) is 6.10 Å². The standard InChI is InChI=1S/C17H28O2/c1-3-5-6-7-8-9-14-19-16-12-10-15(11-13-16)17(18)4-2/h10-13,17-18H,3-9,14H2,1-2H3/t17-/m0/s1. The number of hydrogen-bond donors (Lipinski definition) is 1. The lowest BCUT2D eigenvalue weighted by atomic mass is 10.1. The van der Waals surface area contributed by atoms with E-state index in [0.29, 0.717) is 0 Å². The van der Waals surface area contributed by atoms with Crippen LogP contribution in [0, 0.1) is 0 Å². The van der Waals surface area contributed by atoms with Crippen LogP contribution in [0.5, 0.6) is 5.75 Å². The Balaban J connectivity index is 2.16. The van der Waals surface area contributed by atoms with Crippen molar-refractivity contribution in [2.24, 2.45) is 0 Å². The first kappa shape index (κ1) is 16.0. The number of rotatable bonds is 10. The largest absolute Gasteiger partial charge is 0.494 e. The quantitative estimate of drug-likeness (QED) is 0.611. The first-order valence-corrected chi connectivity index (χ1v) is 7.68. The molecule has 0 aromatic heterocycles. The number of ether oxygens (including phenoxy) is 1. The molecule has 2 heteroatoms. The van der Waals surface area contributed by atoms with E-state index in [9.17, 15) is 5.11 Å². The fourth-order valence-electron chi connectivity index (χ4n) is 2.09. The van der Waals surface area contributed by atoms with Gasteiger partial charge in [-0.05, 0) is 30.5 Å². The summed E-state index contributed by atoms with van der Waals surface area (Å²) in [5.74, 6) is 0.903. The van der Waals surface area contributed by atoms with Gasteiger partial charge in [0, 0.05) is 0 Å². The molecule has 0 radical (unpaired) electrons. The molecule has 0 unspecified atom stereocenters. The van der Waals surface area contributed by atoms with E-state index in [0.717, 1.165) is 30.8 Å². The Bertz CT molecular complexity index is 319. The molecule has 0 bridgehead atoms. The van der Waals surface area contributed by atoms with E-state index in [1.807, 2.05) is 31.2 Å². The second-order valence-electron chi connectivity index (χ2n) is 5.11. The van der Waals surface area contributed by atoms with Crippen LogP contribution in [0.15, 0.2) is 24.3 Å². The normalized spacial score (nSPS) is 12.4. The average molecular weight is 264 g/mol. The maximum atomic E-state index is 9.70. The number of benzene rings is 1. The van der Waals surface area contributed by atoms with Gasteiger partial charge in [0.15, 0.2) is 0 Å². The molecule has 0 fully saturated rings. The summed E-state index contributed by atoms with van der Waals surface area (Å²) < 4.78 is 5.70. The zero-order valence-corrected chi connectivity index (χ0v) is 12.4. The highest BCUT2D eigenvalue weighted by molar-refractivity contribution is 5.28. The number of hydrogen-bond acceptors (Lipinski definition) is 2. The van der Waals surface area contributed by atoms with Crippen molar-refractivity contribution in [1.82, 2.24) is 0 Å². The molecule has 1 aromatic carbocycles. The Morgan fingerprint density at radius 3 is 2.21 bits per heavy atom. The molecule has 0 saturated heterocycles. The molecule has 0 heterocycles. The van der Waals surface area contributed by atoms with Crippen molar-refractivity contribution < 1.29 is 9.84 Å². The molecule has 0 aliphatic rings. The van der Waals surface area contributed by atoms with Crippen molar-refractivity contribution in [2.45, 2.75) is 64.9 Å². The molecule has 0 aliphatic heterocycles. The molecule has 2 nitrogen and oxygen atoms in total. The summed E-state index contributed by atoms with van der Waals surface area (Å²) in [6.45, 7) is 5.01. The predicted molar refractivity (Wildman–Crippen MR) is 80.6 cm³/mol. The summed E-state index contributed by atoms with van der Waals surface area (Å²) in [6.07, 6.45) is 8.09. The third-order valence-electron chi connectivity index (χ3n) is 3.42. The predicted octanol–water partition coefficient (Wildman–Crippen LogP) is 4.87. The van der Waals surface area contributed by atoms with Crippen LogP contribution in [-0.4, -0.2) is 11.7 Å². The Labute approximate surface area is 117 Å². The van der Waals surface area contributed by atoms with Crippen LogP contribution in [0.3, 0.4) is 0 Å². The molecule has 0 saturated carbocycles. The summed E-state index contributed by atoms with van der Waals surface area (Å²) in [5, 5.41) is 9.70. The molecule has 1 rings (SSSR count). The maximum absolute atomic E-state index is 9.70. The van der Waals surface area contributed by atoms with Crippen LogP contribution in [-0.2, 0) is 0 Å². The van der Waals surface area contributed by atoms with E-state index in [1.165, 1.54) is 32.1 Å². The van der Waals surface area contributed by atoms with Crippen molar-refractivity contribution in [3.05, 3.63) is 29.8 Å². The van der Waals surface area contributed by atoms with Crippen molar-refractivity contribution in [3.8, 4) is 5.75 Å². The van der Waals surface area contributed by atoms with Gasteiger partial charge in [-0.15, -0.1) is 0 Å². The minimum Gasteiger partial charge on any atom is -0.494 e. The lowest BCUT2D eigenvalue weighted by molar-refractivity contribution is 0.173. The molecule has 0 aliphatic carbocycles. The van der Waals surface area contributed by atoms with Gasteiger partial charge in [-0.2, -0.15) is 0 Å². The number of aliphatic hydroxyl groups excluding tert-OH is 1. The summed E-state index contributed by atoms with van der Waals surface area (Å²) in [5.41, 5.74) is 0.967.